The molecule has 0 aliphatic heterocycles. The number of ether oxygens (including phenoxy) is 1. The Labute approximate surface area is 122 Å². The fourth-order valence-corrected chi connectivity index (χ4v) is 2.66. The van der Waals surface area contributed by atoms with E-state index in [9.17, 15) is 9.90 Å². The largest absolute Gasteiger partial charge is 0.496 e. The molecule has 3 rings (SSSR count). The Bertz CT molecular complexity index is 884. The average molecular weight is 281 g/mol. The lowest BCUT2D eigenvalue weighted by atomic mass is 9.98. The summed E-state index contributed by atoms with van der Waals surface area (Å²) in [5, 5.41) is 10.9. The van der Waals surface area contributed by atoms with Gasteiger partial charge in [-0.3, -0.25) is 0 Å². The molecule has 0 radical (unpaired) electrons. The van der Waals surface area contributed by atoms with Crippen LogP contribution in [0.4, 0.5) is 0 Å². The molecule has 0 atom stereocenters. The van der Waals surface area contributed by atoms with Crippen LogP contribution >= 0.6 is 0 Å². The highest BCUT2D eigenvalue weighted by molar-refractivity contribution is 6.16. The van der Waals surface area contributed by atoms with Crippen LogP contribution in [-0.4, -0.2) is 23.2 Å². The van der Waals surface area contributed by atoms with Crippen molar-refractivity contribution in [3.05, 3.63) is 47.0 Å². The van der Waals surface area contributed by atoms with Gasteiger partial charge < -0.3 is 9.84 Å². The van der Waals surface area contributed by atoms with Gasteiger partial charge in [-0.05, 0) is 37.1 Å². The van der Waals surface area contributed by atoms with Crippen LogP contribution in [0.3, 0.4) is 0 Å². The van der Waals surface area contributed by atoms with E-state index in [1.54, 1.807) is 6.07 Å². The first-order valence-electron chi connectivity index (χ1n) is 6.64. The van der Waals surface area contributed by atoms with Crippen molar-refractivity contribution in [2.24, 2.45) is 0 Å². The first-order valence-corrected chi connectivity index (χ1v) is 6.64. The quantitative estimate of drug-likeness (QED) is 0.727. The summed E-state index contributed by atoms with van der Waals surface area (Å²) in [5.74, 6) is -0.447. The van der Waals surface area contributed by atoms with Crippen molar-refractivity contribution in [3.63, 3.8) is 0 Å². The maximum Gasteiger partial charge on any atom is 0.337 e. The second kappa shape index (κ2) is 4.74. The van der Waals surface area contributed by atoms with Crippen LogP contribution in [0.2, 0.25) is 0 Å². The molecule has 0 amide bonds. The minimum absolute atomic E-state index is 0.246. The zero-order chi connectivity index (χ0) is 15.1. The van der Waals surface area contributed by atoms with Gasteiger partial charge in [0, 0.05) is 5.39 Å². The zero-order valence-corrected chi connectivity index (χ0v) is 12.1. The van der Waals surface area contributed by atoms with E-state index in [-0.39, 0.29) is 5.56 Å². The molecule has 4 nitrogen and oxygen atoms in total. The summed E-state index contributed by atoms with van der Waals surface area (Å²) in [7, 11) is 1.53. The molecule has 0 aliphatic carbocycles. The van der Waals surface area contributed by atoms with Crippen LogP contribution in [0, 0.1) is 13.8 Å². The van der Waals surface area contributed by atoms with Gasteiger partial charge in [0.25, 0.3) is 0 Å². The molecule has 21 heavy (non-hydrogen) atoms. The Morgan fingerprint density at radius 2 is 1.95 bits per heavy atom. The highest BCUT2D eigenvalue weighted by atomic mass is 16.5. The van der Waals surface area contributed by atoms with Crippen molar-refractivity contribution in [1.82, 2.24) is 4.98 Å². The van der Waals surface area contributed by atoms with Gasteiger partial charge >= 0.3 is 5.97 Å². The number of nitrogens with zero attached hydrogens (tertiary/aromatic N) is 1. The normalized spacial score (nSPS) is 11.0. The number of benzene rings is 2. The predicted molar refractivity (Wildman–Crippen MR) is 82.2 cm³/mol. The number of carboxylic acids is 1. The molecule has 1 heterocycles. The summed E-state index contributed by atoms with van der Waals surface area (Å²) in [6, 6.07) is 9.12. The van der Waals surface area contributed by atoms with Crippen molar-refractivity contribution in [2.45, 2.75) is 13.8 Å². The summed E-state index contributed by atoms with van der Waals surface area (Å²) in [4.78, 5) is 16.5. The summed E-state index contributed by atoms with van der Waals surface area (Å²) < 4.78 is 5.32. The van der Waals surface area contributed by atoms with Crippen LogP contribution in [-0.2, 0) is 0 Å². The summed E-state index contributed by atoms with van der Waals surface area (Å²) >= 11 is 0. The van der Waals surface area contributed by atoms with Crippen LogP contribution in [0.5, 0.6) is 5.75 Å². The minimum atomic E-state index is -0.972. The Kier molecular flexibility index (Phi) is 3.01. The third-order valence-corrected chi connectivity index (χ3v) is 3.89. The molecule has 2 aromatic carbocycles. The van der Waals surface area contributed by atoms with Gasteiger partial charge in [0.1, 0.15) is 5.75 Å². The fraction of sp³-hybridized carbons (Fsp3) is 0.176. The molecule has 0 saturated carbocycles. The lowest BCUT2D eigenvalue weighted by Crippen LogP contribution is -2.03. The molecular weight excluding hydrogens is 266 g/mol. The number of rotatable bonds is 2. The SMILES string of the molecule is COc1cccc2nc3c(C)c(C)ccc3c(C(=O)O)c12. The lowest BCUT2D eigenvalue weighted by Gasteiger charge is -2.13. The van der Waals surface area contributed by atoms with E-state index in [0.717, 1.165) is 16.6 Å². The molecule has 3 aromatic rings. The van der Waals surface area contributed by atoms with Gasteiger partial charge in [0.15, 0.2) is 0 Å². The van der Waals surface area contributed by atoms with Crippen molar-refractivity contribution < 1.29 is 14.6 Å². The average Bonchev–Trinajstić information content (AvgIpc) is 2.48. The van der Waals surface area contributed by atoms with E-state index >= 15 is 0 Å². The van der Waals surface area contributed by atoms with Crippen LogP contribution in [0.1, 0.15) is 21.5 Å². The minimum Gasteiger partial charge on any atom is -0.496 e. The van der Waals surface area contributed by atoms with Crippen molar-refractivity contribution in [3.8, 4) is 5.75 Å². The molecule has 0 spiro atoms. The number of carboxylic acid groups (broad SMARTS) is 1. The molecule has 0 aliphatic rings. The number of methoxy groups -OCH3 is 1. The predicted octanol–water partition coefficient (Wildman–Crippen LogP) is 3.71. The highest BCUT2D eigenvalue weighted by Crippen LogP contribution is 2.34. The Balaban J connectivity index is 2.63. The smallest absolute Gasteiger partial charge is 0.337 e. The van der Waals surface area contributed by atoms with E-state index in [4.69, 9.17) is 4.74 Å². The monoisotopic (exact) mass is 281 g/mol. The Hall–Kier alpha value is -2.62. The highest BCUT2D eigenvalue weighted by Gasteiger charge is 2.19. The molecule has 106 valence electrons. The molecule has 0 fully saturated rings. The van der Waals surface area contributed by atoms with Gasteiger partial charge in [-0.25, -0.2) is 9.78 Å². The molecular formula is C17H15NO3. The Morgan fingerprint density at radius 3 is 2.62 bits per heavy atom. The molecule has 0 bridgehead atoms. The summed E-state index contributed by atoms with van der Waals surface area (Å²) in [6.45, 7) is 3.95. The number of fused-ring (bicyclic) bond motifs is 2. The fourth-order valence-electron chi connectivity index (χ4n) is 2.66. The third kappa shape index (κ3) is 1.91. The number of carbonyl (C=O) groups is 1. The van der Waals surface area contributed by atoms with E-state index in [0.29, 0.717) is 22.0 Å². The first-order chi connectivity index (χ1) is 10.0. The standard InChI is InChI=1S/C17H15NO3/c1-9-7-8-11-14(17(19)20)15-12(18-16(11)10(9)2)5-4-6-13(15)21-3/h4-8H,1-3H3,(H,19,20). The molecule has 0 unspecified atom stereocenters. The van der Waals surface area contributed by atoms with Crippen LogP contribution in [0.25, 0.3) is 21.8 Å². The second-order valence-corrected chi connectivity index (χ2v) is 5.05. The summed E-state index contributed by atoms with van der Waals surface area (Å²) in [5.41, 5.74) is 3.70. The van der Waals surface area contributed by atoms with Crippen molar-refractivity contribution in [1.29, 1.82) is 0 Å². The van der Waals surface area contributed by atoms with Crippen molar-refractivity contribution >= 4 is 27.8 Å². The second-order valence-electron chi connectivity index (χ2n) is 5.05. The third-order valence-electron chi connectivity index (χ3n) is 3.89. The maximum atomic E-state index is 11.8. The van der Waals surface area contributed by atoms with E-state index in [2.05, 4.69) is 4.98 Å². The maximum absolute atomic E-state index is 11.8. The van der Waals surface area contributed by atoms with E-state index in [1.807, 2.05) is 38.1 Å². The number of pyridine rings is 1. The number of hydrogen-bond donors (Lipinski definition) is 1. The van der Waals surface area contributed by atoms with Gasteiger partial charge in [0.2, 0.25) is 0 Å². The molecule has 0 saturated heterocycles. The van der Waals surface area contributed by atoms with Gasteiger partial charge in [0.05, 0.1) is 29.1 Å². The van der Waals surface area contributed by atoms with Gasteiger partial charge in [-0.2, -0.15) is 0 Å². The van der Waals surface area contributed by atoms with Crippen LogP contribution < -0.4 is 4.74 Å². The molecule has 4 heteroatoms. The Morgan fingerprint density at radius 1 is 1.19 bits per heavy atom. The topological polar surface area (TPSA) is 59.4 Å². The molecule has 1 N–H and O–H groups in total. The van der Waals surface area contributed by atoms with E-state index < -0.39 is 5.97 Å². The lowest BCUT2D eigenvalue weighted by molar-refractivity contribution is 0.0701. The number of aromatic nitrogens is 1. The molecule has 1 aromatic heterocycles. The number of aromatic carboxylic acids is 1. The number of aryl methyl sites for hydroxylation is 2. The first kappa shape index (κ1) is 13.4. The summed E-state index contributed by atoms with van der Waals surface area (Å²) in [6.07, 6.45) is 0. The van der Waals surface area contributed by atoms with Crippen molar-refractivity contribution in [2.75, 3.05) is 7.11 Å². The number of hydrogen-bond acceptors (Lipinski definition) is 3. The van der Waals surface area contributed by atoms with E-state index in [1.165, 1.54) is 7.11 Å². The van der Waals surface area contributed by atoms with Gasteiger partial charge in [-0.15, -0.1) is 0 Å². The van der Waals surface area contributed by atoms with Gasteiger partial charge in [-0.1, -0.05) is 18.2 Å². The zero-order valence-electron chi connectivity index (χ0n) is 12.1. The van der Waals surface area contributed by atoms with Crippen LogP contribution in [0.15, 0.2) is 30.3 Å².